The van der Waals surface area contributed by atoms with E-state index in [-0.39, 0.29) is 29.0 Å². The van der Waals surface area contributed by atoms with Crippen molar-refractivity contribution in [1.29, 1.82) is 0 Å². The second-order valence-electron chi connectivity index (χ2n) is 9.51. The number of piperidine rings is 1. The predicted octanol–water partition coefficient (Wildman–Crippen LogP) is 2.83. The molecule has 5 rings (SSSR count). The highest BCUT2D eigenvalue weighted by Crippen LogP contribution is 2.32. The third kappa shape index (κ3) is 5.41. The number of imide groups is 1. The maximum absolute atomic E-state index is 13.7. The van der Waals surface area contributed by atoms with Crippen molar-refractivity contribution in [3.63, 3.8) is 0 Å². The van der Waals surface area contributed by atoms with Gasteiger partial charge in [-0.15, -0.1) is 11.3 Å². The summed E-state index contributed by atoms with van der Waals surface area (Å²) < 4.78 is 23.2. The molecule has 1 atom stereocenters. The Morgan fingerprint density at radius 3 is 2.26 bits per heavy atom. The van der Waals surface area contributed by atoms with E-state index in [1.165, 1.54) is 41.2 Å². The van der Waals surface area contributed by atoms with Gasteiger partial charge in [0, 0.05) is 25.7 Å². The summed E-state index contributed by atoms with van der Waals surface area (Å²) in [7, 11) is -3.91. The summed E-state index contributed by atoms with van der Waals surface area (Å²) in [4.78, 5) is 45.7. The lowest BCUT2D eigenvalue weighted by Gasteiger charge is -2.40. The minimum absolute atomic E-state index is 0.117. The van der Waals surface area contributed by atoms with Crippen LogP contribution in [0.3, 0.4) is 0 Å². The van der Waals surface area contributed by atoms with E-state index >= 15 is 0 Å². The first-order valence-corrected chi connectivity index (χ1v) is 14.8. The van der Waals surface area contributed by atoms with Crippen molar-refractivity contribution in [2.45, 2.75) is 42.8 Å². The highest BCUT2D eigenvalue weighted by atomic mass is 32.2. The molecule has 0 bridgehead atoms. The summed E-state index contributed by atoms with van der Waals surface area (Å²) in [6.45, 7) is 2.35. The fraction of sp³-hybridized carbons (Fsp3) is 0.296. The molecular weight excluding hydrogens is 524 g/mol. The number of nitrogens with zero attached hydrogens (tertiary/aromatic N) is 3. The number of anilines is 1. The Kier molecular flexibility index (Phi) is 7.44. The van der Waals surface area contributed by atoms with Gasteiger partial charge in [0.2, 0.25) is 15.9 Å². The molecule has 0 aliphatic carbocycles. The molecule has 11 heteroatoms. The summed E-state index contributed by atoms with van der Waals surface area (Å²) in [5.41, 5.74) is 1.47. The summed E-state index contributed by atoms with van der Waals surface area (Å²) in [5.74, 6) is -1.18. The van der Waals surface area contributed by atoms with Crippen LogP contribution in [0, 0.1) is 0 Å². The van der Waals surface area contributed by atoms with Crippen molar-refractivity contribution in [2.75, 3.05) is 18.0 Å². The minimum atomic E-state index is -3.91. The van der Waals surface area contributed by atoms with E-state index in [0.717, 1.165) is 24.5 Å². The molecule has 2 aliphatic heterocycles. The fourth-order valence-electron chi connectivity index (χ4n) is 5.18. The third-order valence-electron chi connectivity index (χ3n) is 7.05. The van der Waals surface area contributed by atoms with Gasteiger partial charge in [0.05, 0.1) is 21.9 Å². The average molecular weight is 553 g/mol. The topological polar surface area (TPSA) is 121 Å². The van der Waals surface area contributed by atoms with Crippen LogP contribution < -0.4 is 10.0 Å². The quantitative estimate of drug-likeness (QED) is 0.450. The van der Waals surface area contributed by atoms with Crippen molar-refractivity contribution in [3.8, 4) is 0 Å². The lowest BCUT2D eigenvalue weighted by Crippen LogP contribution is -2.54. The smallest absolute Gasteiger partial charge is 0.264 e. The summed E-state index contributed by atoms with van der Waals surface area (Å²) >= 11 is 1.31. The number of nitrogens with two attached hydrogens (primary N) is 1. The van der Waals surface area contributed by atoms with Gasteiger partial charge in [0.15, 0.2) is 0 Å². The van der Waals surface area contributed by atoms with E-state index in [1.807, 2.05) is 23.6 Å². The highest BCUT2D eigenvalue weighted by Gasteiger charge is 2.47. The zero-order valence-electron chi connectivity index (χ0n) is 20.6. The minimum Gasteiger partial charge on any atom is -0.322 e. The fourth-order valence-corrected chi connectivity index (χ4v) is 6.36. The van der Waals surface area contributed by atoms with E-state index in [2.05, 4.69) is 17.0 Å². The molecule has 0 saturated carbocycles. The summed E-state index contributed by atoms with van der Waals surface area (Å²) in [5, 5.41) is 6.98. The molecule has 0 radical (unpaired) electrons. The largest absolute Gasteiger partial charge is 0.322 e. The number of benzene rings is 2. The molecule has 0 spiro atoms. The molecule has 3 amide bonds. The van der Waals surface area contributed by atoms with Crippen molar-refractivity contribution >= 4 is 44.8 Å². The van der Waals surface area contributed by atoms with Crippen LogP contribution >= 0.6 is 11.3 Å². The van der Waals surface area contributed by atoms with Crippen LogP contribution in [0.25, 0.3) is 0 Å². The molecule has 198 valence electrons. The van der Waals surface area contributed by atoms with Crippen molar-refractivity contribution in [1.82, 2.24) is 9.80 Å². The van der Waals surface area contributed by atoms with Gasteiger partial charge in [-0.1, -0.05) is 36.4 Å². The van der Waals surface area contributed by atoms with E-state index in [0.29, 0.717) is 17.7 Å². The van der Waals surface area contributed by atoms with E-state index in [9.17, 15) is 22.8 Å². The highest BCUT2D eigenvalue weighted by molar-refractivity contribution is 7.89. The van der Waals surface area contributed by atoms with Crippen molar-refractivity contribution < 1.29 is 22.8 Å². The number of hydrogen-bond acceptors (Lipinski definition) is 7. The van der Waals surface area contributed by atoms with Crippen LogP contribution in [-0.2, 0) is 26.2 Å². The number of hydrogen-bond donors (Lipinski definition) is 1. The first-order valence-electron chi connectivity index (χ1n) is 12.3. The Hall–Kier alpha value is -3.38. The second-order valence-corrected chi connectivity index (χ2v) is 12.0. The van der Waals surface area contributed by atoms with Crippen LogP contribution in [0.1, 0.15) is 34.5 Å². The van der Waals surface area contributed by atoms with Gasteiger partial charge in [0.1, 0.15) is 6.04 Å². The van der Waals surface area contributed by atoms with Crippen molar-refractivity contribution in [3.05, 3.63) is 82.6 Å². The lowest BCUT2D eigenvalue weighted by molar-refractivity contribution is -0.123. The molecule has 2 fully saturated rings. The molecule has 3 heterocycles. The Labute approximate surface area is 225 Å². The first kappa shape index (κ1) is 26.2. The Morgan fingerprint density at radius 2 is 1.66 bits per heavy atom. The van der Waals surface area contributed by atoms with Gasteiger partial charge in [-0.05, 0) is 54.1 Å². The number of carbonyl (C=O) groups is 3. The lowest BCUT2D eigenvalue weighted by atomic mass is 9.99. The molecule has 2 saturated heterocycles. The third-order valence-corrected chi connectivity index (χ3v) is 8.84. The van der Waals surface area contributed by atoms with Crippen LogP contribution in [-0.4, -0.2) is 61.1 Å². The molecule has 38 heavy (non-hydrogen) atoms. The van der Waals surface area contributed by atoms with E-state index in [4.69, 9.17) is 5.14 Å². The number of amides is 3. The molecule has 1 unspecified atom stereocenters. The zero-order chi connectivity index (χ0) is 26.9. The molecule has 2 aromatic carbocycles. The SMILES string of the molecule is NS(=O)(=O)c1ccc(N2C(=O)CC(N(C(=O)c3cccs3)C3CCN(Cc4ccccc4)CC3)C2=O)cc1. The predicted molar refractivity (Wildman–Crippen MR) is 144 cm³/mol. The zero-order valence-corrected chi connectivity index (χ0v) is 22.2. The Balaban J connectivity index is 1.37. The van der Waals surface area contributed by atoms with Gasteiger partial charge in [-0.3, -0.25) is 19.3 Å². The van der Waals surface area contributed by atoms with Gasteiger partial charge in [0.25, 0.3) is 11.8 Å². The van der Waals surface area contributed by atoms with Gasteiger partial charge >= 0.3 is 0 Å². The van der Waals surface area contributed by atoms with E-state index in [1.54, 1.807) is 17.0 Å². The van der Waals surface area contributed by atoms with E-state index < -0.39 is 27.9 Å². The number of primary sulfonamides is 1. The number of thiophene rings is 1. The second kappa shape index (κ2) is 10.8. The van der Waals surface area contributed by atoms with Gasteiger partial charge < -0.3 is 4.90 Å². The first-order chi connectivity index (χ1) is 18.2. The molecular formula is C27H28N4O5S2. The van der Waals surface area contributed by atoms with Crippen LogP contribution in [0.15, 0.2) is 77.0 Å². The van der Waals surface area contributed by atoms with Crippen LogP contribution in [0.4, 0.5) is 5.69 Å². The number of carbonyl (C=O) groups excluding carboxylic acids is 3. The Bertz CT molecular complexity index is 1420. The number of likely N-dealkylation sites (tertiary alicyclic amines) is 1. The standard InChI is InChI=1S/C27H28N4O5S2/c28-38(35,36)22-10-8-20(9-11-22)31-25(32)17-23(26(31)33)30(27(34)24-7-4-16-37-24)21-12-14-29(15-13-21)18-19-5-2-1-3-6-19/h1-11,16,21,23H,12-15,17-18H2,(H2,28,35,36). The number of rotatable bonds is 7. The number of sulfonamides is 1. The summed E-state index contributed by atoms with van der Waals surface area (Å²) in [6.07, 6.45) is 1.24. The maximum Gasteiger partial charge on any atom is 0.264 e. The van der Waals surface area contributed by atoms with Crippen LogP contribution in [0.5, 0.6) is 0 Å². The summed E-state index contributed by atoms with van der Waals surface area (Å²) in [6, 6.07) is 17.9. The molecule has 1 aromatic heterocycles. The van der Waals surface area contributed by atoms with Crippen LogP contribution in [0.2, 0.25) is 0 Å². The Morgan fingerprint density at radius 1 is 0.974 bits per heavy atom. The van der Waals surface area contributed by atoms with Crippen molar-refractivity contribution in [2.24, 2.45) is 5.14 Å². The molecule has 2 aliphatic rings. The molecule has 3 aromatic rings. The monoisotopic (exact) mass is 552 g/mol. The van der Waals surface area contributed by atoms with Gasteiger partial charge in [-0.2, -0.15) is 0 Å². The molecule has 9 nitrogen and oxygen atoms in total. The average Bonchev–Trinajstić information content (AvgIpc) is 3.54. The normalized spacial score (nSPS) is 19.2. The molecule has 2 N–H and O–H groups in total. The van der Waals surface area contributed by atoms with Gasteiger partial charge in [-0.25, -0.2) is 18.5 Å². The maximum atomic E-state index is 13.7.